The van der Waals surface area contributed by atoms with E-state index in [0.717, 1.165) is 17.8 Å². The van der Waals surface area contributed by atoms with Gasteiger partial charge >= 0.3 is 5.97 Å². The van der Waals surface area contributed by atoms with E-state index in [1.807, 2.05) is 0 Å². The van der Waals surface area contributed by atoms with Gasteiger partial charge in [-0.15, -0.1) is 11.3 Å². The molecular formula is C14H22N2O3S. The number of carboxylic acid groups (broad SMARTS) is 1. The molecule has 0 bridgehead atoms. The van der Waals surface area contributed by atoms with E-state index in [0.29, 0.717) is 19.4 Å². The SMILES string of the molecule is CC(C)(C)CCCC(=O)NCCc1nc(C(=O)O)cs1. The molecular weight excluding hydrogens is 276 g/mol. The van der Waals surface area contributed by atoms with Gasteiger partial charge in [-0.05, 0) is 18.3 Å². The largest absolute Gasteiger partial charge is 0.476 e. The van der Waals surface area contributed by atoms with Crippen LogP contribution in [0.1, 0.15) is 55.5 Å². The first-order chi connectivity index (χ1) is 9.28. The summed E-state index contributed by atoms with van der Waals surface area (Å²) in [6.45, 7) is 6.98. The lowest BCUT2D eigenvalue weighted by Crippen LogP contribution is -2.25. The number of hydrogen-bond donors (Lipinski definition) is 2. The van der Waals surface area contributed by atoms with Crippen LogP contribution in [0.2, 0.25) is 0 Å². The van der Waals surface area contributed by atoms with Gasteiger partial charge in [0.25, 0.3) is 0 Å². The van der Waals surface area contributed by atoms with Crippen LogP contribution in [0.5, 0.6) is 0 Å². The molecule has 2 N–H and O–H groups in total. The lowest BCUT2D eigenvalue weighted by molar-refractivity contribution is -0.121. The van der Waals surface area contributed by atoms with Crippen molar-refractivity contribution in [3.05, 3.63) is 16.1 Å². The first-order valence-corrected chi connectivity index (χ1v) is 7.60. The molecule has 0 unspecified atom stereocenters. The number of carbonyl (C=O) groups is 2. The second-order valence-electron chi connectivity index (χ2n) is 5.95. The van der Waals surface area contributed by atoms with E-state index in [9.17, 15) is 9.59 Å². The zero-order valence-corrected chi connectivity index (χ0v) is 13.0. The smallest absolute Gasteiger partial charge is 0.355 e. The second kappa shape index (κ2) is 7.38. The summed E-state index contributed by atoms with van der Waals surface area (Å²) in [5.74, 6) is -0.969. The number of amides is 1. The van der Waals surface area contributed by atoms with Gasteiger partial charge in [0.05, 0.1) is 5.01 Å². The summed E-state index contributed by atoms with van der Waals surface area (Å²) in [5.41, 5.74) is 0.329. The molecule has 112 valence electrons. The van der Waals surface area contributed by atoms with Crippen molar-refractivity contribution in [3.8, 4) is 0 Å². The highest BCUT2D eigenvalue weighted by Gasteiger charge is 2.11. The van der Waals surface area contributed by atoms with Gasteiger partial charge in [0.2, 0.25) is 5.91 Å². The molecule has 0 spiro atoms. The van der Waals surface area contributed by atoms with Crippen LogP contribution < -0.4 is 5.32 Å². The van der Waals surface area contributed by atoms with E-state index in [2.05, 4.69) is 31.1 Å². The quantitative estimate of drug-likeness (QED) is 0.811. The normalized spacial score (nSPS) is 11.3. The van der Waals surface area contributed by atoms with Crippen LogP contribution in [-0.2, 0) is 11.2 Å². The number of rotatable bonds is 7. The Labute approximate surface area is 123 Å². The standard InChI is InChI=1S/C14H22N2O3S/c1-14(2,3)7-4-5-11(17)15-8-6-12-16-10(9-20-12)13(18)19/h9H,4-8H2,1-3H3,(H,15,17)(H,18,19). The molecule has 0 aliphatic heterocycles. The molecule has 0 aliphatic carbocycles. The maximum Gasteiger partial charge on any atom is 0.355 e. The average Bonchev–Trinajstić information content (AvgIpc) is 2.76. The summed E-state index contributed by atoms with van der Waals surface area (Å²) in [5, 5.41) is 13.8. The Balaban J connectivity index is 2.19. The van der Waals surface area contributed by atoms with E-state index >= 15 is 0 Å². The molecule has 1 aromatic rings. The lowest BCUT2D eigenvalue weighted by Gasteiger charge is -2.17. The number of aromatic carboxylic acids is 1. The van der Waals surface area contributed by atoms with E-state index in [-0.39, 0.29) is 17.0 Å². The predicted molar refractivity (Wildman–Crippen MR) is 79.1 cm³/mol. The Hall–Kier alpha value is -1.43. The Kier molecular flexibility index (Phi) is 6.13. The molecule has 5 nitrogen and oxygen atoms in total. The topological polar surface area (TPSA) is 79.3 Å². The first-order valence-electron chi connectivity index (χ1n) is 6.72. The maximum absolute atomic E-state index is 11.6. The van der Waals surface area contributed by atoms with E-state index in [1.54, 1.807) is 0 Å². The van der Waals surface area contributed by atoms with Crippen molar-refractivity contribution in [1.29, 1.82) is 0 Å². The highest BCUT2D eigenvalue weighted by Crippen LogP contribution is 2.21. The fourth-order valence-corrected chi connectivity index (χ4v) is 2.47. The molecule has 20 heavy (non-hydrogen) atoms. The number of hydrogen-bond acceptors (Lipinski definition) is 4. The molecule has 0 saturated heterocycles. The Morgan fingerprint density at radius 1 is 1.40 bits per heavy atom. The molecule has 1 aromatic heterocycles. The molecule has 1 amide bonds. The second-order valence-corrected chi connectivity index (χ2v) is 6.89. The Morgan fingerprint density at radius 3 is 2.65 bits per heavy atom. The first kappa shape index (κ1) is 16.6. The van der Waals surface area contributed by atoms with E-state index < -0.39 is 5.97 Å². The monoisotopic (exact) mass is 298 g/mol. The van der Waals surface area contributed by atoms with Gasteiger partial charge in [-0.2, -0.15) is 0 Å². The molecule has 0 aliphatic rings. The predicted octanol–water partition coefficient (Wildman–Crippen LogP) is 2.72. The molecule has 0 atom stereocenters. The van der Waals surface area contributed by atoms with Crippen LogP contribution in [0.3, 0.4) is 0 Å². The third-order valence-electron chi connectivity index (χ3n) is 2.76. The van der Waals surface area contributed by atoms with Gasteiger partial charge < -0.3 is 10.4 Å². The zero-order valence-electron chi connectivity index (χ0n) is 12.2. The maximum atomic E-state index is 11.6. The number of carboxylic acids is 1. The minimum atomic E-state index is -1.02. The van der Waals surface area contributed by atoms with Gasteiger partial charge in [-0.1, -0.05) is 20.8 Å². The fraction of sp³-hybridized carbons (Fsp3) is 0.643. The Bertz CT molecular complexity index is 463. The van der Waals surface area contributed by atoms with Crippen molar-refractivity contribution >= 4 is 23.2 Å². The highest BCUT2D eigenvalue weighted by molar-refractivity contribution is 7.09. The Morgan fingerprint density at radius 2 is 2.10 bits per heavy atom. The number of nitrogens with one attached hydrogen (secondary N) is 1. The van der Waals surface area contributed by atoms with Crippen LogP contribution in [0.4, 0.5) is 0 Å². The lowest BCUT2D eigenvalue weighted by atomic mass is 9.90. The van der Waals surface area contributed by atoms with Gasteiger partial charge in [0.15, 0.2) is 5.69 Å². The molecule has 6 heteroatoms. The molecule has 0 radical (unpaired) electrons. The van der Waals surface area contributed by atoms with Crippen molar-refractivity contribution in [3.63, 3.8) is 0 Å². The molecule has 0 saturated carbocycles. The van der Waals surface area contributed by atoms with Crippen LogP contribution in [0.25, 0.3) is 0 Å². The van der Waals surface area contributed by atoms with Crippen molar-refractivity contribution in [2.45, 2.75) is 46.5 Å². The summed E-state index contributed by atoms with van der Waals surface area (Å²) >= 11 is 1.31. The van der Waals surface area contributed by atoms with Crippen molar-refractivity contribution in [2.24, 2.45) is 5.41 Å². The van der Waals surface area contributed by atoms with Crippen LogP contribution >= 0.6 is 11.3 Å². The van der Waals surface area contributed by atoms with Crippen molar-refractivity contribution in [1.82, 2.24) is 10.3 Å². The van der Waals surface area contributed by atoms with E-state index in [4.69, 9.17) is 5.11 Å². The van der Waals surface area contributed by atoms with Crippen molar-refractivity contribution in [2.75, 3.05) is 6.54 Å². The van der Waals surface area contributed by atoms with Gasteiger partial charge in [0.1, 0.15) is 0 Å². The zero-order chi connectivity index (χ0) is 15.2. The number of nitrogens with zero attached hydrogens (tertiary/aromatic N) is 1. The number of carbonyl (C=O) groups excluding carboxylic acids is 1. The molecule has 0 fully saturated rings. The summed E-state index contributed by atoms with van der Waals surface area (Å²) in [4.78, 5) is 26.2. The number of thiazole rings is 1. The van der Waals surface area contributed by atoms with Crippen molar-refractivity contribution < 1.29 is 14.7 Å². The number of aromatic nitrogens is 1. The van der Waals surface area contributed by atoms with E-state index in [1.165, 1.54) is 16.7 Å². The summed E-state index contributed by atoms with van der Waals surface area (Å²) in [6, 6.07) is 0. The highest BCUT2D eigenvalue weighted by atomic mass is 32.1. The molecule has 0 aromatic carbocycles. The van der Waals surface area contributed by atoms with Gasteiger partial charge in [-0.25, -0.2) is 9.78 Å². The minimum Gasteiger partial charge on any atom is -0.476 e. The third kappa shape index (κ3) is 6.65. The van der Waals surface area contributed by atoms with Crippen LogP contribution in [0, 0.1) is 5.41 Å². The van der Waals surface area contributed by atoms with Gasteiger partial charge in [0, 0.05) is 24.8 Å². The summed E-state index contributed by atoms with van der Waals surface area (Å²) in [6.07, 6.45) is 3.02. The molecule has 1 heterocycles. The minimum absolute atomic E-state index is 0.0456. The van der Waals surface area contributed by atoms with Gasteiger partial charge in [-0.3, -0.25) is 4.79 Å². The van der Waals surface area contributed by atoms with Crippen LogP contribution in [-0.4, -0.2) is 28.5 Å². The van der Waals surface area contributed by atoms with Crippen LogP contribution in [0.15, 0.2) is 5.38 Å². The fourth-order valence-electron chi connectivity index (χ4n) is 1.70. The summed E-state index contributed by atoms with van der Waals surface area (Å²) < 4.78 is 0. The third-order valence-corrected chi connectivity index (χ3v) is 3.67. The molecule has 1 rings (SSSR count). The average molecular weight is 298 g/mol. The summed E-state index contributed by atoms with van der Waals surface area (Å²) in [7, 11) is 0.